The van der Waals surface area contributed by atoms with Crippen LogP contribution in [0.1, 0.15) is 18.4 Å². The summed E-state index contributed by atoms with van der Waals surface area (Å²) in [5.41, 5.74) is 0.518. The largest absolute Gasteiger partial charge is 0.550 e. The highest BCUT2D eigenvalue weighted by molar-refractivity contribution is 5.93. The summed E-state index contributed by atoms with van der Waals surface area (Å²) in [5.74, 6) is -1.84. The highest BCUT2D eigenvalue weighted by Gasteiger charge is 2.14. The minimum Gasteiger partial charge on any atom is -0.550 e. The van der Waals surface area contributed by atoms with Crippen LogP contribution in [0.3, 0.4) is 0 Å². The van der Waals surface area contributed by atoms with Crippen molar-refractivity contribution in [1.29, 1.82) is 0 Å². The van der Waals surface area contributed by atoms with Gasteiger partial charge < -0.3 is 15.2 Å². The second kappa shape index (κ2) is 5.76. The lowest BCUT2D eigenvalue weighted by Crippen LogP contribution is -2.24. The van der Waals surface area contributed by atoms with Gasteiger partial charge in [-0.05, 0) is 19.4 Å². The van der Waals surface area contributed by atoms with Crippen molar-refractivity contribution in [3.63, 3.8) is 0 Å². The maximum atomic E-state index is 11.4. The first-order valence-corrected chi connectivity index (χ1v) is 5.15. The molecule has 1 amide bonds. The Morgan fingerprint density at radius 2 is 2.00 bits per heavy atom. The van der Waals surface area contributed by atoms with Gasteiger partial charge >= 0.3 is 0 Å². The van der Waals surface area contributed by atoms with Crippen LogP contribution in [0.15, 0.2) is 18.2 Å². The molecule has 0 saturated carbocycles. The third kappa shape index (κ3) is 3.55. The van der Waals surface area contributed by atoms with E-state index in [9.17, 15) is 24.8 Å². The van der Waals surface area contributed by atoms with Crippen molar-refractivity contribution >= 4 is 23.3 Å². The first-order chi connectivity index (χ1) is 8.41. The normalized spacial score (nSPS) is 9.83. The van der Waals surface area contributed by atoms with Crippen LogP contribution in [0, 0.1) is 17.0 Å². The lowest BCUT2D eigenvalue weighted by molar-refractivity contribution is -0.385. The van der Waals surface area contributed by atoms with E-state index in [0.29, 0.717) is 11.3 Å². The molecule has 0 aliphatic rings. The SMILES string of the molecule is Cc1c(NC(=O)CCC(=O)[O-])cccc1[N+](=O)[O-]. The predicted octanol–water partition coefficient (Wildman–Crippen LogP) is 0.372. The molecule has 0 bridgehead atoms. The summed E-state index contributed by atoms with van der Waals surface area (Å²) in [7, 11) is 0. The molecule has 0 fully saturated rings. The maximum absolute atomic E-state index is 11.4. The number of nitro groups is 1. The molecule has 0 unspecified atom stereocenters. The van der Waals surface area contributed by atoms with E-state index >= 15 is 0 Å². The molecular weight excluding hydrogens is 240 g/mol. The summed E-state index contributed by atoms with van der Waals surface area (Å²) in [6, 6.07) is 4.28. The van der Waals surface area contributed by atoms with E-state index in [1.165, 1.54) is 25.1 Å². The quantitative estimate of drug-likeness (QED) is 0.600. The fraction of sp³-hybridized carbons (Fsp3) is 0.273. The van der Waals surface area contributed by atoms with Crippen molar-refractivity contribution in [2.24, 2.45) is 0 Å². The van der Waals surface area contributed by atoms with Gasteiger partial charge in [-0.2, -0.15) is 0 Å². The van der Waals surface area contributed by atoms with E-state index in [2.05, 4.69) is 5.32 Å². The molecule has 0 aliphatic carbocycles. The average Bonchev–Trinajstić information content (AvgIpc) is 2.29. The van der Waals surface area contributed by atoms with Crippen LogP contribution in [0.4, 0.5) is 11.4 Å². The van der Waals surface area contributed by atoms with Crippen LogP contribution in [-0.2, 0) is 9.59 Å². The van der Waals surface area contributed by atoms with Gasteiger partial charge in [0.25, 0.3) is 5.69 Å². The van der Waals surface area contributed by atoms with Crippen molar-refractivity contribution in [1.82, 2.24) is 0 Å². The predicted molar refractivity (Wildman–Crippen MR) is 60.7 cm³/mol. The van der Waals surface area contributed by atoms with Crippen LogP contribution in [0.2, 0.25) is 0 Å². The van der Waals surface area contributed by atoms with Gasteiger partial charge in [0, 0.05) is 18.5 Å². The van der Waals surface area contributed by atoms with Gasteiger partial charge in [0.05, 0.1) is 16.2 Å². The van der Waals surface area contributed by atoms with E-state index < -0.39 is 16.8 Å². The number of carbonyl (C=O) groups is 2. The zero-order valence-electron chi connectivity index (χ0n) is 9.63. The standard InChI is InChI=1S/C11H12N2O5/c1-7-8(3-2-4-9(7)13(17)18)12-10(14)5-6-11(15)16/h2-4H,5-6H2,1H3,(H,12,14)(H,15,16)/p-1. The fourth-order valence-electron chi connectivity index (χ4n) is 1.38. The van der Waals surface area contributed by atoms with Gasteiger partial charge in [0.2, 0.25) is 5.91 Å². The summed E-state index contributed by atoms with van der Waals surface area (Å²) in [4.78, 5) is 31.7. The molecule has 18 heavy (non-hydrogen) atoms. The molecule has 0 heterocycles. The maximum Gasteiger partial charge on any atom is 0.274 e. The number of nitro benzene ring substituents is 1. The van der Waals surface area contributed by atoms with Gasteiger partial charge in [-0.15, -0.1) is 0 Å². The van der Waals surface area contributed by atoms with Crippen molar-refractivity contribution < 1.29 is 19.6 Å². The van der Waals surface area contributed by atoms with E-state index in [-0.39, 0.29) is 18.5 Å². The zero-order chi connectivity index (χ0) is 13.7. The first kappa shape index (κ1) is 13.6. The molecule has 1 N–H and O–H groups in total. The number of anilines is 1. The molecule has 0 atom stereocenters. The summed E-state index contributed by atoms with van der Waals surface area (Å²) in [6.45, 7) is 1.51. The number of carbonyl (C=O) groups excluding carboxylic acids is 2. The Morgan fingerprint density at radius 3 is 2.56 bits per heavy atom. The zero-order valence-corrected chi connectivity index (χ0v) is 9.63. The van der Waals surface area contributed by atoms with Gasteiger partial charge in [-0.1, -0.05) is 6.07 Å². The second-order valence-electron chi connectivity index (χ2n) is 3.63. The highest BCUT2D eigenvalue weighted by atomic mass is 16.6. The van der Waals surface area contributed by atoms with Crippen molar-refractivity contribution in [2.45, 2.75) is 19.8 Å². The third-order valence-corrected chi connectivity index (χ3v) is 2.33. The van der Waals surface area contributed by atoms with Gasteiger partial charge in [0.15, 0.2) is 0 Å². The number of nitrogens with one attached hydrogen (secondary N) is 1. The van der Waals surface area contributed by atoms with E-state index in [1.54, 1.807) is 0 Å². The topological polar surface area (TPSA) is 112 Å². The molecule has 1 aromatic rings. The number of amides is 1. The first-order valence-electron chi connectivity index (χ1n) is 5.15. The van der Waals surface area contributed by atoms with Crippen LogP contribution in [0.5, 0.6) is 0 Å². The van der Waals surface area contributed by atoms with Gasteiger partial charge in [0.1, 0.15) is 0 Å². The molecule has 96 valence electrons. The Kier molecular flexibility index (Phi) is 4.36. The molecule has 7 nitrogen and oxygen atoms in total. The lowest BCUT2D eigenvalue weighted by atomic mass is 10.1. The number of carboxylic acid groups (broad SMARTS) is 1. The van der Waals surface area contributed by atoms with Crippen LogP contribution in [0.25, 0.3) is 0 Å². The Hall–Kier alpha value is -2.44. The number of hydrogen-bond donors (Lipinski definition) is 1. The number of hydrogen-bond acceptors (Lipinski definition) is 5. The van der Waals surface area contributed by atoms with Crippen LogP contribution in [-0.4, -0.2) is 16.8 Å². The molecule has 0 aromatic heterocycles. The Bertz CT molecular complexity index is 498. The Balaban J connectivity index is 2.79. The molecule has 0 saturated heterocycles. The monoisotopic (exact) mass is 251 g/mol. The van der Waals surface area contributed by atoms with E-state index in [4.69, 9.17) is 0 Å². The van der Waals surface area contributed by atoms with E-state index in [0.717, 1.165) is 0 Å². The number of nitrogens with zero attached hydrogens (tertiary/aromatic N) is 1. The Morgan fingerprint density at radius 1 is 1.33 bits per heavy atom. The molecular formula is C11H11N2O5-. The minimum absolute atomic E-state index is 0.104. The van der Waals surface area contributed by atoms with Gasteiger partial charge in [-0.25, -0.2) is 0 Å². The summed E-state index contributed by atoms with van der Waals surface area (Å²) in [5, 5.41) is 23.3. The van der Waals surface area contributed by atoms with E-state index in [1.807, 2.05) is 0 Å². The Labute approximate surface area is 103 Å². The highest BCUT2D eigenvalue weighted by Crippen LogP contribution is 2.25. The smallest absolute Gasteiger partial charge is 0.274 e. The summed E-state index contributed by atoms with van der Waals surface area (Å²) >= 11 is 0. The van der Waals surface area contributed by atoms with Crippen molar-refractivity contribution in [3.8, 4) is 0 Å². The summed E-state index contributed by atoms with van der Waals surface area (Å²) < 4.78 is 0. The number of carboxylic acids is 1. The fourth-order valence-corrected chi connectivity index (χ4v) is 1.38. The number of benzene rings is 1. The van der Waals surface area contributed by atoms with Gasteiger partial charge in [-0.3, -0.25) is 14.9 Å². The van der Waals surface area contributed by atoms with Crippen molar-refractivity contribution in [3.05, 3.63) is 33.9 Å². The second-order valence-corrected chi connectivity index (χ2v) is 3.63. The van der Waals surface area contributed by atoms with Crippen LogP contribution >= 0.6 is 0 Å². The molecule has 0 radical (unpaired) electrons. The molecule has 0 spiro atoms. The molecule has 0 aliphatic heterocycles. The van der Waals surface area contributed by atoms with Crippen LogP contribution < -0.4 is 10.4 Å². The summed E-state index contributed by atoms with van der Waals surface area (Å²) in [6.07, 6.45) is -0.621. The molecule has 7 heteroatoms. The number of rotatable bonds is 5. The number of aliphatic carboxylic acids is 1. The van der Waals surface area contributed by atoms with Crippen molar-refractivity contribution in [2.75, 3.05) is 5.32 Å². The minimum atomic E-state index is -1.32. The molecule has 1 rings (SSSR count). The molecule has 1 aromatic carbocycles. The third-order valence-electron chi connectivity index (χ3n) is 2.33. The lowest BCUT2D eigenvalue weighted by Gasteiger charge is -2.08. The average molecular weight is 251 g/mol.